The molecular formula is C24H31N5. The first kappa shape index (κ1) is 20.8. The van der Waals surface area contributed by atoms with Gasteiger partial charge in [0.05, 0.1) is 5.69 Å². The number of aromatic nitrogens is 2. The van der Waals surface area contributed by atoms with E-state index >= 15 is 0 Å². The Balaban J connectivity index is 1.95. The van der Waals surface area contributed by atoms with Crippen molar-refractivity contribution in [1.82, 2.24) is 14.9 Å². The van der Waals surface area contributed by atoms with Crippen LogP contribution in [0.4, 0.5) is 17.5 Å². The molecule has 0 radical (unpaired) electrons. The molecule has 152 valence electrons. The number of nitrogens with one attached hydrogen (secondary N) is 2. The molecule has 0 saturated heterocycles. The van der Waals surface area contributed by atoms with Crippen LogP contribution in [0.25, 0.3) is 11.3 Å². The smallest absolute Gasteiger partial charge is 0.225 e. The quantitative estimate of drug-likeness (QED) is 0.585. The molecule has 3 rings (SSSR count). The molecule has 2 aromatic carbocycles. The van der Waals surface area contributed by atoms with E-state index in [4.69, 9.17) is 9.97 Å². The zero-order valence-electron chi connectivity index (χ0n) is 18.0. The Hall–Kier alpha value is -2.92. The zero-order chi connectivity index (χ0) is 20.9. The number of rotatable bonds is 7. The SMILES string of the molecule is CN(C)CCNc1nc(Nc2ccccc2C(C)(C)C)cc(-c2ccccc2)n1. The minimum atomic E-state index is 0.0334. The molecule has 3 aromatic rings. The van der Waals surface area contributed by atoms with Crippen molar-refractivity contribution in [2.45, 2.75) is 26.2 Å². The number of hydrogen-bond donors (Lipinski definition) is 2. The van der Waals surface area contributed by atoms with Crippen molar-refractivity contribution < 1.29 is 0 Å². The second-order valence-electron chi connectivity index (χ2n) is 8.48. The summed E-state index contributed by atoms with van der Waals surface area (Å²) in [5, 5.41) is 6.88. The summed E-state index contributed by atoms with van der Waals surface area (Å²) in [6, 6.07) is 20.6. The Morgan fingerprint density at radius 2 is 1.59 bits per heavy atom. The van der Waals surface area contributed by atoms with Crippen LogP contribution in [0, 0.1) is 0 Å². The normalized spacial score (nSPS) is 11.5. The lowest BCUT2D eigenvalue weighted by atomic mass is 9.86. The molecule has 0 atom stereocenters. The van der Waals surface area contributed by atoms with Crippen LogP contribution in [-0.4, -0.2) is 42.1 Å². The van der Waals surface area contributed by atoms with Gasteiger partial charge < -0.3 is 15.5 Å². The van der Waals surface area contributed by atoms with Gasteiger partial charge in [0.2, 0.25) is 5.95 Å². The monoisotopic (exact) mass is 389 g/mol. The molecule has 0 bridgehead atoms. The Kier molecular flexibility index (Phi) is 6.49. The van der Waals surface area contributed by atoms with Gasteiger partial charge in [-0.05, 0) is 31.1 Å². The fourth-order valence-corrected chi connectivity index (χ4v) is 3.12. The fraction of sp³-hybridized carbons (Fsp3) is 0.333. The van der Waals surface area contributed by atoms with Gasteiger partial charge in [0, 0.05) is 30.4 Å². The van der Waals surface area contributed by atoms with Gasteiger partial charge in [-0.15, -0.1) is 0 Å². The maximum Gasteiger partial charge on any atom is 0.225 e. The third-order valence-corrected chi connectivity index (χ3v) is 4.64. The topological polar surface area (TPSA) is 53.1 Å². The van der Waals surface area contributed by atoms with Crippen molar-refractivity contribution in [2.24, 2.45) is 0 Å². The molecular weight excluding hydrogens is 358 g/mol. The maximum atomic E-state index is 4.73. The molecule has 0 spiro atoms. The predicted octanol–water partition coefficient (Wildman–Crippen LogP) is 5.16. The summed E-state index contributed by atoms with van der Waals surface area (Å²) in [4.78, 5) is 11.6. The summed E-state index contributed by atoms with van der Waals surface area (Å²) in [5.74, 6) is 1.41. The third-order valence-electron chi connectivity index (χ3n) is 4.64. The summed E-state index contributed by atoms with van der Waals surface area (Å²) >= 11 is 0. The van der Waals surface area contributed by atoms with Crippen LogP contribution in [-0.2, 0) is 5.41 Å². The predicted molar refractivity (Wildman–Crippen MR) is 123 cm³/mol. The van der Waals surface area contributed by atoms with Crippen LogP contribution in [0.5, 0.6) is 0 Å². The summed E-state index contributed by atoms with van der Waals surface area (Å²) in [7, 11) is 4.11. The Morgan fingerprint density at radius 1 is 0.897 bits per heavy atom. The van der Waals surface area contributed by atoms with E-state index in [9.17, 15) is 0 Å². The molecule has 5 nitrogen and oxygen atoms in total. The first-order valence-electron chi connectivity index (χ1n) is 10.0. The minimum absolute atomic E-state index is 0.0334. The van der Waals surface area contributed by atoms with Gasteiger partial charge in [0.15, 0.2) is 0 Å². The van der Waals surface area contributed by atoms with Crippen LogP contribution >= 0.6 is 0 Å². The van der Waals surface area contributed by atoms with Crippen molar-refractivity contribution in [2.75, 3.05) is 37.8 Å². The van der Waals surface area contributed by atoms with Gasteiger partial charge in [0.1, 0.15) is 5.82 Å². The molecule has 0 aliphatic rings. The van der Waals surface area contributed by atoms with Crippen molar-refractivity contribution in [1.29, 1.82) is 0 Å². The lowest BCUT2D eigenvalue weighted by molar-refractivity contribution is 0.425. The van der Waals surface area contributed by atoms with Gasteiger partial charge in [-0.1, -0.05) is 69.3 Å². The van der Waals surface area contributed by atoms with Crippen LogP contribution in [0.3, 0.4) is 0 Å². The first-order valence-corrected chi connectivity index (χ1v) is 10.0. The molecule has 2 N–H and O–H groups in total. The lowest BCUT2D eigenvalue weighted by Crippen LogP contribution is -2.21. The Morgan fingerprint density at radius 3 is 2.28 bits per heavy atom. The van der Waals surface area contributed by atoms with E-state index < -0.39 is 0 Å². The molecule has 0 fully saturated rings. The number of likely N-dealkylation sites (N-methyl/N-ethyl adjacent to an activating group) is 1. The highest BCUT2D eigenvalue weighted by Gasteiger charge is 2.18. The average molecular weight is 390 g/mol. The van der Waals surface area contributed by atoms with E-state index in [1.165, 1.54) is 5.56 Å². The van der Waals surface area contributed by atoms with Crippen LogP contribution in [0.2, 0.25) is 0 Å². The van der Waals surface area contributed by atoms with E-state index in [-0.39, 0.29) is 5.41 Å². The number of hydrogen-bond acceptors (Lipinski definition) is 5. The second kappa shape index (κ2) is 9.05. The largest absolute Gasteiger partial charge is 0.353 e. The number of nitrogens with zero attached hydrogens (tertiary/aromatic N) is 3. The number of benzene rings is 2. The molecule has 5 heteroatoms. The molecule has 0 amide bonds. The van der Waals surface area contributed by atoms with E-state index in [0.29, 0.717) is 5.95 Å². The van der Waals surface area contributed by atoms with Crippen LogP contribution in [0.1, 0.15) is 26.3 Å². The first-order chi connectivity index (χ1) is 13.8. The van der Waals surface area contributed by atoms with Gasteiger partial charge >= 0.3 is 0 Å². The van der Waals surface area contributed by atoms with Crippen LogP contribution < -0.4 is 10.6 Å². The van der Waals surface area contributed by atoms with Crippen molar-refractivity contribution in [3.63, 3.8) is 0 Å². The number of para-hydroxylation sites is 1. The van der Waals surface area contributed by atoms with Gasteiger partial charge in [0.25, 0.3) is 0 Å². The van der Waals surface area contributed by atoms with Crippen molar-refractivity contribution in [3.05, 3.63) is 66.2 Å². The lowest BCUT2D eigenvalue weighted by Gasteiger charge is -2.23. The van der Waals surface area contributed by atoms with Crippen LogP contribution in [0.15, 0.2) is 60.7 Å². The standard InChI is InChI=1S/C24H31N5/c1-24(2,3)19-13-9-10-14-20(19)26-22-17-21(18-11-7-6-8-12-18)27-23(28-22)25-15-16-29(4)5/h6-14,17H,15-16H2,1-5H3,(H2,25,26,27,28). The highest BCUT2D eigenvalue weighted by molar-refractivity contribution is 5.69. The Labute approximate surface area is 174 Å². The van der Waals surface area contributed by atoms with Crippen molar-refractivity contribution in [3.8, 4) is 11.3 Å². The van der Waals surface area contributed by atoms with E-state index in [2.05, 4.69) is 80.7 Å². The molecule has 1 aromatic heterocycles. The van der Waals surface area contributed by atoms with E-state index in [1.807, 2.05) is 30.3 Å². The van der Waals surface area contributed by atoms with Gasteiger partial charge in [-0.25, -0.2) is 4.98 Å². The second-order valence-corrected chi connectivity index (χ2v) is 8.48. The zero-order valence-corrected chi connectivity index (χ0v) is 18.0. The molecule has 1 heterocycles. The molecule has 0 aliphatic carbocycles. The van der Waals surface area contributed by atoms with Crippen molar-refractivity contribution >= 4 is 17.5 Å². The van der Waals surface area contributed by atoms with E-state index in [0.717, 1.165) is 35.9 Å². The molecule has 0 saturated carbocycles. The minimum Gasteiger partial charge on any atom is -0.353 e. The summed E-state index contributed by atoms with van der Waals surface area (Å²) in [6.45, 7) is 8.35. The molecule has 0 aliphatic heterocycles. The molecule has 29 heavy (non-hydrogen) atoms. The third kappa shape index (κ3) is 5.78. The van der Waals surface area contributed by atoms with Gasteiger partial charge in [-0.3, -0.25) is 0 Å². The highest BCUT2D eigenvalue weighted by atomic mass is 15.2. The van der Waals surface area contributed by atoms with E-state index in [1.54, 1.807) is 0 Å². The maximum absolute atomic E-state index is 4.73. The summed E-state index contributed by atoms with van der Waals surface area (Å²) < 4.78 is 0. The van der Waals surface area contributed by atoms with Gasteiger partial charge in [-0.2, -0.15) is 4.98 Å². The molecule has 0 unspecified atom stereocenters. The summed E-state index contributed by atoms with van der Waals surface area (Å²) in [6.07, 6.45) is 0. The summed E-state index contributed by atoms with van der Waals surface area (Å²) in [5.41, 5.74) is 4.31. The highest BCUT2D eigenvalue weighted by Crippen LogP contribution is 2.32. The fourth-order valence-electron chi connectivity index (χ4n) is 3.12. The Bertz CT molecular complexity index is 930. The average Bonchev–Trinajstić information content (AvgIpc) is 2.68. The number of anilines is 3.